The van der Waals surface area contributed by atoms with E-state index in [9.17, 15) is 4.79 Å². The normalized spacial score (nSPS) is 15.8. The molecule has 6 nitrogen and oxygen atoms in total. The van der Waals surface area contributed by atoms with Crippen LogP contribution in [0.25, 0.3) is 11.0 Å². The molecule has 4 aromatic rings. The lowest BCUT2D eigenvalue weighted by Crippen LogP contribution is -3.10. The van der Waals surface area contributed by atoms with Crippen LogP contribution in [0.2, 0.25) is 0 Å². The number of nitrogens with one attached hydrogen (secondary N) is 2. The maximum Gasteiger partial charge on any atom is 0.277 e. The van der Waals surface area contributed by atoms with Crippen LogP contribution < -0.4 is 10.2 Å². The Hall–Kier alpha value is -3.16. The van der Waals surface area contributed by atoms with Crippen LogP contribution in [0.5, 0.6) is 0 Å². The van der Waals surface area contributed by atoms with Gasteiger partial charge < -0.3 is 4.90 Å². The summed E-state index contributed by atoms with van der Waals surface area (Å²) in [5.41, 5.74) is 4.23. The maximum absolute atomic E-state index is 12.6. The summed E-state index contributed by atoms with van der Waals surface area (Å²) >= 11 is 1.56. The monoisotopic (exact) mass is 402 g/mol. The fourth-order valence-electron chi connectivity index (χ4n) is 3.64. The third-order valence-corrected chi connectivity index (χ3v) is 6.12. The predicted octanol–water partition coefficient (Wildman–Crippen LogP) is 2.48. The number of para-hydroxylation sites is 2. The SMILES string of the molecule is O=C(Nc1nc2c(s1)C[NH+](Cc1ccccc1)CC2)c1cnc2ccccc2n1. The number of hydrogen-bond acceptors (Lipinski definition) is 5. The minimum Gasteiger partial charge on any atom is -0.326 e. The van der Waals surface area contributed by atoms with E-state index in [-0.39, 0.29) is 5.91 Å². The lowest BCUT2D eigenvalue weighted by molar-refractivity contribution is -0.929. The van der Waals surface area contributed by atoms with E-state index in [0.29, 0.717) is 16.3 Å². The lowest BCUT2D eigenvalue weighted by atomic mass is 10.1. The first-order valence-corrected chi connectivity index (χ1v) is 10.5. The van der Waals surface area contributed by atoms with Crippen LogP contribution in [-0.4, -0.2) is 27.4 Å². The first-order chi connectivity index (χ1) is 14.2. The first-order valence-electron chi connectivity index (χ1n) is 9.64. The molecule has 2 aromatic carbocycles. The Morgan fingerprint density at radius 3 is 2.69 bits per heavy atom. The first kappa shape index (κ1) is 17.9. The van der Waals surface area contributed by atoms with Crippen LogP contribution in [-0.2, 0) is 19.5 Å². The van der Waals surface area contributed by atoms with Gasteiger partial charge in [-0.05, 0) is 12.1 Å². The van der Waals surface area contributed by atoms with Gasteiger partial charge in [-0.1, -0.05) is 53.8 Å². The molecule has 0 saturated carbocycles. The molecule has 5 rings (SSSR count). The van der Waals surface area contributed by atoms with Gasteiger partial charge in [0.15, 0.2) is 5.13 Å². The van der Waals surface area contributed by atoms with E-state index in [0.717, 1.165) is 37.3 Å². The molecule has 7 heteroatoms. The standard InChI is InChI=1S/C22H19N5OS/c28-21(19-12-23-16-8-4-5-9-17(16)24-19)26-22-25-18-10-11-27(14-20(18)29-22)13-15-6-2-1-3-7-15/h1-9,12H,10-11,13-14H2,(H,25,26,28)/p+1. The second-order valence-electron chi connectivity index (χ2n) is 7.18. The third kappa shape index (κ3) is 3.87. The summed E-state index contributed by atoms with van der Waals surface area (Å²) in [7, 11) is 0. The van der Waals surface area contributed by atoms with Crippen LogP contribution in [0.3, 0.4) is 0 Å². The molecule has 1 aliphatic heterocycles. The number of amides is 1. The Balaban J connectivity index is 1.29. The molecule has 2 N–H and O–H groups in total. The fourth-order valence-corrected chi connectivity index (χ4v) is 4.72. The average molecular weight is 403 g/mol. The summed E-state index contributed by atoms with van der Waals surface area (Å²) in [6.07, 6.45) is 2.44. The van der Waals surface area contributed by atoms with Gasteiger partial charge in [-0.25, -0.2) is 9.97 Å². The second-order valence-corrected chi connectivity index (χ2v) is 8.26. The highest BCUT2D eigenvalue weighted by Crippen LogP contribution is 2.25. The van der Waals surface area contributed by atoms with Crippen molar-refractivity contribution in [2.45, 2.75) is 19.5 Å². The molecule has 0 saturated heterocycles. The Bertz CT molecular complexity index is 1170. The molecular weight excluding hydrogens is 382 g/mol. The van der Waals surface area contributed by atoms with Crippen molar-refractivity contribution in [3.8, 4) is 0 Å². The van der Waals surface area contributed by atoms with Crippen molar-refractivity contribution in [2.75, 3.05) is 11.9 Å². The number of anilines is 1. The van der Waals surface area contributed by atoms with Gasteiger partial charge in [0.2, 0.25) is 0 Å². The molecule has 1 amide bonds. The van der Waals surface area contributed by atoms with E-state index in [1.807, 2.05) is 30.3 Å². The number of benzene rings is 2. The molecule has 0 bridgehead atoms. The quantitative estimate of drug-likeness (QED) is 0.550. The van der Waals surface area contributed by atoms with Gasteiger partial charge in [-0.3, -0.25) is 15.1 Å². The number of aromatic nitrogens is 3. The Morgan fingerprint density at radius 1 is 1.03 bits per heavy atom. The molecule has 1 unspecified atom stereocenters. The van der Waals surface area contributed by atoms with E-state index in [1.165, 1.54) is 21.5 Å². The highest BCUT2D eigenvalue weighted by atomic mass is 32.1. The minimum atomic E-state index is -0.275. The average Bonchev–Trinajstić information content (AvgIpc) is 3.15. The molecular formula is C22H20N5OS+. The van der Waals surface area contributed by atoms with Crippen LogP contribution in [0.4, 0.5) is 5.13 Å². The van der Waals surface area contributed by atoms with Crippen molar-refractivity contribution in [1.82, 2.24) is 15.0 Å². The van der Waals surface area contributed by atoms with Gasteiger partial charge in [0.1, 0.15) is 18.8 Å². The van der Waals surface area contributed by atoms with Crippen molar-refractivity contribution in [3.63, 3.8) is 0 Å². The molecule has 0 spiro atoms. The molecule has 3 heterocycles. The number of quaternary nitrogens is 1. The molecule has 0 aliphatic carbocycles. The summed E-state index contributed by atoms with van der Waals surface area (Å²) in [6.45, 7) is 3.00. The maximum atomic E-state index is 12.6. The molecule has 0 radical (unpaired) electrons. The smallest absolute Gasteiger partial charge is 0.277 e. The summed E-state index contributed by atoms with van der Waals surface area (Å²) < 4.78 is 0. The molecule has 0 fully saturated rings. The summed E-state index contributed by atoms with van der Waals surface area (Å²) in [5, 5.41) is 3.54. The summed E-state index contributed by atoms with van der Waals surface area (Å²) in [5.74, 6) is -0.275. The second kappa shape index (κ2) is 7.69. The number of nitrogens with zero attached hydrogens (tertiary/aromatic N) is 3. The predicted molar refractivity (Wildman–Crippen MR) is 113 cm³/mol. The van der Waals surface area contributed by atoms with E-state index in [1.54, 1.807) is 11.3 Å². The van der Waals surface area contributed by atoms with Crippen molar-refractivity contribution in [1.29, 1.82) is 0 Å². The van der Waals surface area contributed by atoms with Crippen LogP contribution in [0, 0.1) is 0 Å². The van der Waals surface area contributed by atoms with Gasteiger partial charge in [0.25, 0.3) is 5.91 Å². The van der Waals surface area contributed by atoms with Crippen molar-refractivity contribution < 1.29 is 9.69 Å². The number of carbonyl (C=O) groups excluding carboxylic acids is 1. The van der Waals surface area contributed by atoms with E-state index >= 15 is 0 Å². The van der Waals surface area contributed by atoms with Gasteiger partial charge in [-0.15, -0.1) is 0 Å². The Labute approximate surface area is 172 Å². The van der Waals surface area contributed by atoms with Crippen LogP contribution in [0.1, 0.15) is 26.6 Å². The van der Waals surface area contributed by atoms with Crippen molar-refractivity contribution >= 4 is 33.4 Å². The molecule has 2 aromatic heterocycles. The van der Waals surface area contributed by atoms with E-state index < -0.39 is 0 Å². The van der Waals surface area contributed by atoms with Crippen LogP contribution >= 0.6 is 11.3 Å². The Kier molecular flexibility index (Phi) is 4.75. The van der Waals surface area contributed by atoms with Gasteiger partial charge in [0, 0.05) is 12.0 Å². The summed E-state index contributed by atoms with van der Waals surface area (Å²) in [4.78, 5) is 28.8. The van der Waals surface area contributed by atoms with Gasteiger partial charge in [0.05, 0.1) is 34.3 Å². The highest BCUT2D eigenvalue weighted by Gasteiger charge is 2.24. The zero-order chi connectivity index (χ0) is 19.6. The summed E-state index contributed by atoms with van der Waals surface area (Å²) in [6, 6.07) is 18.1. The zero-order valence-corrected chi connectivity index (χ0v) is 16.6. The fraction of sp³-hybridized carbons (Fsp3) is 0.182. The molecule has 144 valence electrons. The van der Waals surface area contributed by atoms with Gasteiger partial charge >= 0.3 is 0 Å². The van der Waals surface area contributed by atoms with E-state index in [4.69, 9.17) is 0 Å². The number of thiazole rings is 1. The van der Waals surface area contributed by atoms with E-state index in [2.05, 4.69) is 44.5 Å². The highest BCUT2D eigenvalue weighted by molar-refractivity contribution is 7.15. The molecule has 1 atom stereocenters. The minimum absolute atomic E-state index is 0.275. The molecule has 1 aliphatic rings. The van der Waals surface area contributed by atoms with Crippen molar-refractivity contribution in [2.24, 2.45) is 0 Å². The van der Waals surface area contributed by atoms with Gasteiger partial charge in [-0.2, -0.15) is 0 Å². The molecule has 29 heavy (non-hydrogen) atoms. The number of fused-ring (bicyclic) bond motifs is 2. The number of carbonyl (C=O) groups is 1. The van der Waals surface area contributed by atoms with Crippen molar-refractivity contribution in [3.05, 3.63) is 82.6 Å². The number of rotatable bonds is 4. The number of hydrogen-bond donors (Lipinski definition) is 2. The Morgan fingerprint density at radius 2 is 1.83 bits per heavy atom. The topological polar surface area (TPSA) is 72.2 Å². The largest absolute Gasteiger partial charge is 0.326 e. The van der Waals surface area contributed by atoms with Crippen LogP contribution in [0.15, 0.2) is 60.8 Å². The lowest BCUT2D eigenvalue weighted by Gasteiger charge is -2.22. The third-order valence-electron chi connectivity index (χ3n) is 5.10. The zero-order valence-electron chi connectivity index (χ0n) is 15.8.